The lowest BCUT2D eigenvalue weighted by molar-refractivity contribution is 0.769. The van der Waals surface area contributed by atoms with Gasteiger partial charge in [0.25, 0.3) is 0 Å². The van der Waals surface area contributed by atoms with Crippen LogP contribution in [0, 0.1) is 0 Å². The zero-order valence-corrected chi connectivity index (χ0v) is 30.2. The van der Waals surface area contributed by atoms with E-state index in [2.05, 4.69) is 126 Å². The first-order valence-electron chi connectivity index (χ1n) is 18.8. The van der Waals surface area contributed by atoms with Crippen molar-refractivity contribution in [2.24, 2.45) is 0 Å². The summed E-state index contributed by atoms with van der Waals surface area (Å²) in [6.45, 7) is 0. The van der Waals surface area contributed by atoms with Gasteiger partial charge in [-0.3, -0.25) is 4.57 Å². The summed E-state index contributed by atoms with van der Waals surface area (Å²) in [6.07, 6.45) is 3.65. The number of fused-ring (bicyclic) bond motifs is 6. The van der Waals surface area contributed by atoms with Crippen LogP contribution < -0.4 is 0 Å². The van der Waals surface area contributed by atoms with E-state index in [1.54, 1.807) is 0 Å². The fourth-order valence-corrected chi connectivity index (χ4v) is 8.61. The molecule has 0 fully saturated rings. The van der Waals surface area contributed by atoms with E-state index in [1.165, 1.54) is 33.4 Å². The molecule has 0 radical (unpaired) electrons. The molecule has 1 aliphatic rings. The van der Waals surface area contributed by atoms with Crippen molar-refractivity contribution >= 4 is 21.8 Å². The molecule has 7 aromatic carbocycles. The average Bonchev–Trinajstić information content (AvgIpc) is 3.76. The molecule has 6 heteroatoms. The molecule has 0 aliphatic heterocycles. The van der Waals surface area contributed by atoms with Crippen molar-refractivity contribution < 1.29 is 0 Å². The Morgan fingerprint density at radius 2 is 0.875 bits per heavy atom. The molecule has 262 valence electrons. The van der Waals surface area contributed by atoms with E-state index in [0.717, 1.165) is 32.9 Å². The normalized spacial score (nSPS) is 12.8. The van der Waals surface area contributed by atoms with Crippen molar-refractivity contribution in [3.8, 4) is 51.2 Å². The lowest BCUT2D eigenvalue weighted by Crippen LogP contribution is -2.28. The summed E-state index contributed by atoms with van der Waals surface area (Å²) in [5.41, 5.74) is 11.5. The summed E-state index contributed by atoms with van der Waals surface area (Å²) in [5, 5.41) is 2.29. The number of nitrogens with zero attached hydrogens (tertiary/aromatic N) is 6. The number of benzene rings is 7. The molecule has 0 N–H and O–H groups in total. The Morgan fingerprint density at radius 1 is 0.375 bits per heavy atom. The highest BCUT2D eigenvalue weighted by Crippen LogP contribution is 2.57. The number of para-hydroxylation sites is 1. The van der Waals surface area contributed by atoms with Crippen LogP contribution in [0.1, 0.15) is 22.3 Å². The fourth-order valence-electron chi connectivity index (χ4n) is 8.61. The number of hydrogen-bond acceptors (Lipinski definition) is 5. The van der Waals surface area contributed by atoms with Gasteiger partial charge in [-0.05, 0) is 51.6 Å². The fraction of sp³-hybridized carbons (Fsp3) is 0.0200. The van der Waals surface area contributed by atoms with E-state index in [4.69, 9.17) is 24.9 Å². The molecule has 11 rings (SSSR count). The molecular formula is C50H32N6. The van der Waals surface area contributed by atoms with Gasteiger partial charge in [-0.15, -0.1) is 0 Å². The zero-order chi connectivity index (χ0) is 37.1. The predicted molar refractivity (Wildman–Crippen MR) is 223 cm³/mol. The molecular weight excluding hydrogens is 685 g/mol. The third-order valence-electron chi connectivity index (χ3n) is 11.0. The van der Waals surface area contributed by atoms with Crippen LogP contribution in [0.3, 0.4) is 0 Å². The summed E-state index contributed by atoms with van der Waals surface area (Å²) >= 11 is 0. The van der Waals surface area contributed by atoms with Crippen LogP contribution in [0.4, 0.5) is 0 Å². The standard InChI is InChI=1S/C50H32N6/c1-5-17-33(18-6-1)46-53-47(34-19-7-2-8-20-34)55-48(54-46)35-31-51-49(52-32-35)56-44-28-16-14-26-39(44)41-29-40-38-25-13-15-27-42(38)50(43(40)30-45(41)56,36-21-9-3-10-22-36)37-23-11-4-12-24-37/h1-32H. The molecule has 0 amide bonds. The molecule has 3 heterocycles. The second kappa shape index (κ2) is 12.8. The van der Waals surface area contributed by atoms with Gasteiger partial charge in [-0.1, -0.05) is 164 Å². The zero-order valence-electron chi connectivity index (χ0n) is 30.2. The molecule has 6 nitrogen and oxygen atoms in total. The second-order valence-electron chi connectivity index (χ2n) is 14.1. The highest BCUT2D eigenvalue weighted by Gasteiger charge is 2.46. The summed E-state index contributed by atoms with van der Waals surface area (Å²) in [5.74, 6) is 2.27. The lowest BCUT2D eigenvalue weighted by atomic mass is 9.67. The predicted octanol–water partition coefficient (Wildman–Crippen LogP) is 11.1. The van der Waals surface area contributed by atoms with Gasteiger partial charge < -0.3 is 0 Å². The van der Waals surface area contributed by atoms with Crippen molar-refractivity contribution in [1.82, 2.24) is 29.5 Å². The third kappa shape index (κ3) is 4.86. The maximum atomic E-state index is 5.04. The Morgan fingerprint density at radius 3 is 1.48 bits per heavy atom. The second-order valence-corrected chi connectivity index (χ2v) is 14.1. The molecule has 0 spiro atoms. The minimum Gasteiger partial charge on any atom is -0.278 e. The first kappa shape index (κ1) is 31.9. The minimum absolute atomic E-state index is 0.512. The van der Waals surface area contributed by atoms with Crippen LogP contribution in [0.5, 0.6) is 0 Å². The van der Waals surface area contributed by atoms with Crippen molar-refractivity contribution in [2.45, 2.75) is 5.41 Å². The SMILES string of the molecule is c1ccc(-c2nc(-c3ccccc3)nc(-c3cnc(-n4c5ccccc5c5cc6c(cc54)C(c4ccccc4)(c4ccccc4)c4ccccc4-6)nc3)n2)cc1. The molecule has 1 aliphatic carbocycles. The number of rotatable bonds is 6. The molecule has 0 unspecified atom stereocenters. The Kier molecular flexibility index (Phi) is 7.29. The van der Waals surface area contributed by atoms with Crippen LogP contribution in [-0.4, -0.2) is 29.5 Å². The molecule has 0 bridgehead atoms. The van der Waals surface area contributed by atoms with Gasteiger partial charge in [0.15, 0.2) is 17.5 Å². The summed E-state index contributed by atoms with van der Waals surface area (Å²) in [6, 6.07) is 63.9. The van der Waals surface area contributed by atoms with Gasteiger partial charge in [0.05, 0.1) is 22.0 Å². The van der Waals surface area contributed by atoms with E-state index in [9.17, 15) is 0 Å². The number of hydrogen-bond donors (Lipinski definition) is 0. The van der Waals surface area contributed by atoms with E-state index in [1.807, 2.05) is 73.1 Å². The Hall–Kier alpha value is -7.57. The molecule has 56 heavy (non-hydrogen) atoms. The van der Waals surface area contributed by atoms with Gasteiger partial charge in [0, 0.05) is 34.3 Å². The Balaban J connectivity index is 1.12. The monoisotopic (exact) mass is 716 g/mol. The van der Waals surface area contributed by atoms with E-state index < -0.39 is 5.41 Å². The summed E-state index contributed by atoms with van der Waals surface area (Å²) in [7, 11) is 0. The first-order chi connectivity index (χ1) is 27.8. The van der Waals surface area contributed by atoms with Crippen molar-refractivity contribution in [3.63, 3.8) is 0 Å². The topological polar surface area (TPSA) is 69.4 Å². The van der Waals surface area contributed by atoms with E-state index in [0.29, 0.717) is 29.0 Å². The summed E-state index contributed by atoms with van der Waals surface area (Å²) < 4.78 is 2.19. The smallest absolute Gasteiger partial charge is 0.234 e. The largest absolute Gasteiger partial charge is 0.278 e. The van der Waals surface area contributed by atoms with Gasteiger partial charge >= 0.3 is 0 Å². The lowest BCUT2D eigenvalue weighted by Gasteiger charge is -2.34. The maximum absolute atomic E-state index is 5.04. The first-order valence-corrected chi connectivity index (χ1v) is 18.8. The quantitative estimate of drug-likeness (QED) is 0.171. The van der Waals surface area contributed by atoms with Gasteiger partial charge in [-0.2, -0.15) is 0 Å². The van der Waals surface area contributed by atoms with Gasteiger partial charge in [0.2, 0.25) is 5.95 Å². The minimum atomic E-state index is -0.528. The van der Waals surface area contributed by atoms with Crippen LogP contribution >= 0.6 is 0 Å². The average molecular weight is 717 g/mol. The highest BCUT2D eigenvalue weighted by molar-refractivity contribution is 6.11. The Bertz CT molecular complexity index is 2950. The van der Waals surface area contributed by atoms with E-state index >= 15 is 0 Å². The van der Waals surface area contributed by atoms with Crippen molar-refractivity contribution in [2.75, 3.05) is 0 Å². The molecule has 0 saturated heterocycles. The van der Waals surface area contributed by atoms with Crippen LogP contribution in [-0.2, 0) is 5.41 Å². The van der Waals surface area contributed by atoms with Crippen LogP contribution in [0.15, 0.2) is 194 Å². The van der Waals surface area contributed by atoms with Gasteiger partial charge in [-0.25, -0.2) is 24.9 Å². The summed E-state index contributed by atoms with van der Waals surface area (Å²) in [4.78, 5) is 24.8. The molecule has 0 atom stereocenters. The van der Waals surface area contributed by atoms with Crippen molar-refractivity contribution in [1.29, 1.82) is 0 Å². The molecule has 10 aromatic rings. The molecule has 3 aromatic heterocycles. The van der Waals surface area contributed by atoms with Crippen LogP contribution in [0.25, 0.3) is 73.0 Å². The van der Waals surface area contributed by atoms with Gasteiger partial charge in [0.1, 0.15) is 0 Å². The molecule has 0 saturated carbocycles. The van der Waals surface area contributed by atoms with E-state index in [-0.39, 0.29) is 0 Å². The third-order valence-corrected chi connectivity index (χ3v) is 11.0. The maximum Gasteiger partial charge on any atom is 0.234 e. The highest BCUT2D eigenvalue weighted by atomic mass is 15.2. The van der Waals surface area contributed by atoms with Crippen molar-refractivity contribution in [3.05, 3.63) is 217 Å². The van der Waals surface area contributed by atoms with Crippen LogP contribution in [0.2, 0.25) is 0 Å². The number of aromatic nitrogens is 6. The Labute approximate surface area is 323 Å².